The summed E-state index contributed by atoms with van der Waals surface area (Å²) in [4.78, 5) is 0. The molecule has 0 saturated carbocycles. The summed E-state index contributed by atoms with van der Waals surface area (Å²) in [5.41, 5.74) is 2.06. The van der Waals surface area contributed by atoms with Crippen molar-refractivity contribution in [3.8, 4) is 11.5 Å². The van der Waals surface area contributed by atoms with Crippen LogP contribution in [0.4, 0.5) is 0 Å². The molecular weight excluding hydrogens is 238 g/mol. The van der Waals surface area contributed by atoms with E-state index in [4.69, 9.17) is 4.74 Å². The van der Waals surface area contributed by atoms with Crippen LogP contribution in [0.3, 0.4) is 0 Å². The molecular formula is C16H19NO2. The van der Waals surface area contributed by atoms with E-state index in [0.29, 0.717) is 5.75 Å². The molecule has 3 nitrogen and oxygen atoms in total. The van der Waals surface area contributed by atoms with E-state index < -0.39 is 0 Å². The van der Waals surface area contributed by atoms with Crippen LogP contribution >= 0.6 is 0 Å². The first-order valence-electron chi connectivity index (χ1n) is 6.35. The van der Waals surface area contributed by atoms with Gasteiger partial charge in [-0.25, -0.2) is 0 Å². The van der Waals surface area contributed by atoms with Crippen LogP contribution < -0.4 is 10.1 Å². The molecule has 0 saturated heterocycles. The number of para-hydroxylation sites is 1. The van der Waals surface area contributed by atoms with Gasteiger partial charge >= 0.3 is 0 Å². The fraction of sp³-hybridized carbons (Fsp3) is 0.250. The number of phenols is 1. The number of benzene rings is 2. The molecule has 0 amide bonds. The third-order valence-corrected chi connectivity index (χ3v) is 3.15. The van der Waals surface area contributed by atoms with Gasteiger partial charge in [-0.2, -0.15) is 0 Å². The van der Waals surface area contributed by atoms with Crippen LogP contribution in [0.2, 0.25) is 0 Å². The molecule has 2 aromatic rings. The molecule has 3 heteroatoms. The van der Waals surface area contributed by atoms with Crippen LogP contribution in [-0.2, 0) is 6.54 Å². The highest BCUT2D eigenvalue weighted by atomic mass is 16.5. The van der Waals surface area contributed by atoms with Crippen molar-refractivity contribution < 1.29 is 9.84 Å². The predicted octanol–water partition coefficient (Wildman–Crippen LogP) is 3.25. The normalized spacial score (nSPS) is 12.1. The summed E-state index contributed by atoms with van der Waals surface area (Å²) in [6, 6.07) is 15.4. The van der Waals surface area contributed by atoms with Crippen molar-refractivity contribution >= 4 is 0 Å². The van der Waals surface area contributed by atoms with Crippen molar-refractivity contribution in [3.05, 3.63) is 59.7 Å². The molecule has 0 fully saturated rings. The van der Waals surface area contributed by atoms with Crippen LogP contribution in [-0.4, -0.2) is 12.2 Å². The lowest BCUT2D eigenvalue weighted by atomic mass is 10.1. The molecule has 0 radical (unpaired) electrons. The van der Waals surface area contributed by atoms with E-state index in [9.17, 15) is 5.11 Å². The van der Waals surface area contributed by atoms with E-state index in [-0.39, 0.29) is 6.04 Å². The predicted molar refractivity (Wildman–Crippen MR) is 76.4 cm³/mol. The van der Waals surface area contributed by atoms with Crippen LogP contribution in [0, 0.1) is 0 Å². The molecule has 0 heterocycles. The van der Waals surface area contributed by atoms with E-state index in [1.807, 2.05) is 49.4 Å². The molecule has 2 N–H and O–H groups in total. The summed E-state index contributed by atoms with van der Waals surface area (Å²) in [6.07, 6.45) is 0. The first kappa shape index (κ1) is 13.4. The third-order valence-electron chi connectivity index (χ3n) is 3.15. The summed E-state index contributed by atoms with van der Waals surface area (Å²) in [5, 5.41) is 13.2. The van der Waals surface area contributed by atoms with Gasteiger partial charge in [-0.15, -0.1) is 0 Å². The average molecular weight is 257 g/mol. The molecule has 1 unspecified atom stereocenters. The number of aromatic hydroxyl groups is 1. The van der Waals surface area contributed by atoms with Crippen LogP contribution in [0.5, 0.6) is 11.5 Å². The summed E-state index contributed by atoms with van der Waals surface area (Å²) < 4.78 is 5.20. The molecule has 0 aliphatic rings. The Labute approximate surface area is 113 Å². The first-order valence-corrected chi connectivity index (χ1v) is 6.35. The van der Waals surface area contributed by atoms with Gasteiger partial charge in [0.05, 0.1) is 7.11 Å². The lowest BCUT2D eigenvalue weighted by Crippen LogP contribution is -2.18. The van der Waals surface area contributed by atoms with E-state index in [0.717, 1.165) is 23.4 Å². The Morgan fingerprint density at radius 3 is 2.68 bits per heavy atom. The van der Waals surface area contributed by atoms with Crippen molar-refractivity contribution in [1.82, 2.24) is 5.32 Å². The molecule has 0 spiro atoms. The minimum Gasteiger partial charge on any atom is -0.508 e. The molecule has 1 atom stereocenters. The minimum absolute atomic E-state index is 0.0902. The number of nitrogens with one attached hydrogen (secondary N) is 1. The second-order valence-electron chi connectivity index (χ2n) is 4.51. The van der Waals surface area contributed by atoms with Crippen molar-refractivity contribution in [1.29, 1.82) is 0 Å². The quantitative estimate of drug-likeness (QED) is 0.864. The standard InChI is InChI=1S/C16H19NO2/c1-12(15-8-3-4-9-16(15)18)17-11-13-6-5-7-14(10-13)19-2/h3-10,12,17-18H,11H2,1-2H3. The van der Waals surface area contributed by atoms with Gasteiger partial charge in [-0.1, -0.05) is 30.3 Å². The summed E-state index contributed by atoms with van der Waals surface area (Å²) in [6.45, 7) is 2.77. The zero-order valence-electron chi connectivity index (χ0n) is 11.3. The second kappa shape index (κ2) is 6.25. The molecule has 0 bridgehead atoms. The van der Waals surface area contributed by atoms with Gasteiger partial charge in [0.25, 0.3) is 0 Å². The number of rotatable bonds is 5. The van der Waals surface area contributed by atoms with E-state index >= 15 is 0 Å². The summed E-state index contributed by atoms with van der Waals surface area (Å²) in [5.74, 6) is 1.18. The van der Waals surface area contributed by atoms with Gasteiger partial charge in [0, 0.05) is 18.2 Å². The Balaban J connectivity index is 2.00. The number of hydrogen-bond donors (Lipinski definition) is 2. The lowest BCUT2D eigenvalue weighted by molar-refractivity contribution is 0.413. The Morgan fingerprint density at radius 1 is 1.16 bits per heavy atom. The maximum absolute atomic E-state index is 9.80. The second-order valence-corrected chi connectivity index (χ2v) is 4.51. The molecule has 2 rings (SSSR count). The lowest BCUT2D eigenvalue weighted by Gasteiger charge is -2.15. The number of phenolic OH excluding ortho intramolecular Hbond substituents is 1. The highest BCUT2D eigenvalue weighted by Crippen LogP contribution is 2.23. The Bertz CT molecular complexity index is 540. The molecule has 2 aromatic carbocycles. The SMILES string of the molecule is COc1cccc(CNC(C)c2ccccc2O)c1. The Kier molecular flexibility index (Phi) is 4.42. The van der Waals surface area contributed by atoms with E-state index in [1.54, 1.807) is 13.2 Å². The molecule has 0 aliphatic heterocycles. The van der Waals surface area contributed by atoms with Gasteiger partial charge in [0.2, 0.25) is 0 Å². The van der Waals surface area contributed by atoms with Gasteiger partial charge in [-0.05, 0) is 30.7 Å². The van der Waals surface area contributed by atoms with Crippen molar-refractivity contribution in [2.75, 3.05) is 7.11 Å². The first-order chi connectivity index (χ1) is 9.20. The summed E-state index contributed by atoms with van der Waals surface area (Å²) >= 11 is 0. The highest BCUT2D eigenvalue weighted by Gasteiger charge is 2.08. The van der Waals surface area contributed by atoms with Gasteiger partial charge in [0.1, 0.15) is 11.5 Å². The van der Waals surface area contributed by atoms with Crippen LogP contribution in [0.1, 0.15) is 24.1 Å². The van der Waals surface area contributed by atoms with E-state index in [1.165, 1.54) is 0 Å². The topological polar surface area (TPSA) is 41.5 Å². The molecule has 100 valence electrons. The summed E-state index contributed by atoms with van der Waals surface area (Å²) in [7, 11) is 1.66. The van der Waals surface area contributed by atoms with Crippen molar-refractivity contribution in [3.63, 3.8) is 0 Å². The fourth-order valence-corrected chi connectivity index (χ4v) is 2.02. The third kappa shape index (κ3) is 3.48. The van der Waals surface area contributed by atoms with Gasteiger partial charge < -0.3 is 15.2 Å². The smallest absolute Gasteiger partial charge is 0.120 e. The molecule has 19 heavy (non-hydrogen) atoms. The Hall–Kier alpha value is -2.00. The van der Waals surface area contributed by atoms with Crippen molar-refractivity contribution in [2.24, 2.45) is 0 Å². The number of methoxy groups -OCH3 is 1. The zero-order valence-corrected chi connectivity index (χ0v) is 11.3. The minimum atomic E-state index is 0.0902. The fourth-order valence-electron chi connectivity index (χ4n) is 2.02. The van der Waals surface area contributed by atoms with E-state index in [2.05, 4.69) is 5.32 Å². The van der Waals surface area contributed by atoms with Gasteiger partial charge in [0.15, 0.2) is 0 Å². The number of hydrogen-bond acceptors (Lipinski definition) is 3. The van der Waals surface area contributed by atoms with Crippen LogP contribution in [0.25, 0.3) is 0 Å². The zero-order chi connectivity index (χ0) is 13.7. The average Bonchev–Trinajstić information content (AvgIpc) is 2.45. The monoisotopic (exact) mass is 257 g/mol. The van der Waals surface area contributed by atoms with Gasteiger partial charge in [-0.3, -0.25) is 0 Å². The van der Waals surface area contributed by atoms with Crippen LogP contribution in [0.15, 0.2) is 48.5 Å². The molecule has 0 aromatic heterocycles. The van der Waals surface area contributed by atoms with Crippen molar-refractivity contribution in [2.45, 2.75) is 19.5 Å². The highest BCUT2D eigenvalue weighted by molar-refractivity contribution is 5.34. The Morgan fingerprint density at radius 2 is 1.95 bits per heavy atom. The maximum atomic E-state index is 9.80. The maximum Gasteiger partial charge on any atom is 0.120 e. The largest absolute Gasteiger partial charge is 0.508 e. The molecule has 0 aliphatic carbocycles. The number of ether oxygens (including phenoxy) is 1.